The summed E-state index contributed by atoms with van der Waals surface area (Å²) in [6, 6.07) is 7.19. The smallest absolute Gasteiger partial charge is 0.339 e. The largest absolute Gasteiger partial charge is 0.478 e. The number of carboxylic acids is 1. The molecule has 1 heterocycles. The topological polar surface area (TPSA) is 86.0 Å². The third kappa shape index (κ3) is 2.72. The molecule has 0 radical (unpaired) electrons. The van der Waals surface area contributed by atoms with E-state index in [2.05, 4.69) is 10.3 Å². The van der Waals surface area contributed by atoms with Crippen LogP contribution in [0.1, 0.15) is 21.6 Å². The second-order valence-corrected chi connectivity index (χ2v) is 4.11. The van der Waals surface area contributed by atoms with Crippen LogP contribution in [0.5, 0.6) is 0 Å². The summed E-state index contributed by atoms with van der Waals surface area (Å²) >= 11 is 0. The van der Waals surface area contributed by atoms with E-state index in [4.69, 9.17) is 10.4 Å². The molecule has 2 N–H and O–H groups in total. The maximum Gasteiger partial charge on any atom is 0.339 e. The number of aryl methyl sites for hydroxylation is 1. The van der Waals surface area contributed by atoms with Crippen molar-refractivity contribution in [3.63, 3.8) is 0 Å². The predicted octanol–water partition coefficient (Wildman–Crippen LogP) is 2.84. The van der Waals surface area contributed by atoms with Gasteiger partial charge in [0.25, 0.3) is 0 Å². The zero-order valence-corrected chi connectivity index (χ0v) is 10.5. The molecule has 0 bridgehead atoms. The summed E-state index contributed by atoms with van der Waals surface area (Å²) in [6.07, 6.45) is 1.24. The van der Waals surface area contributed by atoms with Crippen LogP contribution in [-0.4, -0.2) is 16.1 Å². The summed E-state index contributed by atoms with van der Waals surface area (Å²) in [5.41, 5.74) is 1.28. The third-order valence-corrected chi connectivity index (χ3v) is 2.64. The molecule has 2 aromatic rings. The standard InChI is InChI=1S/C14H10FN3O2/c1-8-4-13(11(7-17-8)14(19)20)18-10-2-3-12(15)9(5-10)6-16/h2-5,7H,1H3,(H,17,18)(H,19,20). The lowest BCUT2D eigenvalue weighted by atomic mass is 10.1. The molecule has 1 aromatic carbocycles. The molecule has 0 spiro atoms. The van der Waals surface area contributed by atoms with E-state index >= 15 is 0 Å². The summed E-state index contributed by atoms with van der Waals surface area (Å²) < 4.78 is 13.2. The molecule has 0 aliphatic carbocycles. The van der Waals surface area contributed by atoms with Crippen molar-refractivity contribution in [3.8, 4) is 6.07 Å². The third-order valence-electron chi connectivity index (χ3n) is 2.64. The number of hydrogen-bond acceptors (Lipinski definition) is 4. The molecule has 0 unspecified atom stereocenters. The minimum atomic E-state index is -1.12. The number of rotatable bonds is 3. The van der Waals surface area contributed by atoms with Gasteiger partial charge in [-0.1, -0.05) is 0 Å². The zero-order valence-electron chi connectivity index (χ0n) is 10.5. The Balaban J connectivity index is 2.42. The Morgan fingerprint density at radius 2 is 2.20 bits per heavy atom. The zero-order chi connectivity index (χ0) is 14.7. The van der Waals surface area contributed by atoms with Crippen LogP contribution in [0.4, 0.5) is 15.8 Å². The van der Waals surface area contributed by atoms with Crippen LogP contribution < -0.4 is 5.32 Å². The molecule has 6 heteroatoms. The van der Waals surface area contributed by atoms with E-state index in [1.807, 2.05) is 0 Å². The maximum absolute atomic E-state index is 13.2. The van der Waals surface area contributed by atoms with Crippen molar-refractivity contribution < 1.29 is 14.3 Å². The van der Waals surface area contributed by atoms with Gasteiger partial charge in [0.05, 0.1) is 11.3 Å². The number of carbonyl (C=O) groups is 1. The molecule has 0 amide bonds. The maximum atomic E-state index is 13.2. The van der Waals surface area contributed by atoms with Crippen molar-refractivity contribution >= 4 is 17.3 Å². The second-order valence-electron chi connectivity index (χ2n) is 4.11. The highest BCUT2D eigenvalue weighted by Crippen LogP contribution is 2.23. The predicted molar refractivity (Wildman–Crippen MR) is 70.3 cm³/mol. The van der Waals surface area contributed by atoms with Gasteiger partial charge in [0, 0.05) is 17.6 Å². The molecule has 2 rings (SSSR count). The number of nitrogens with zero attached hydrogens (tertiary/aromatic N) is 2. The Morgan fingerprint density at radius 1 is 1.45 bits per heavy atom. The van der Waals surface area contributed by atoms with Crippen molar-refractivity contribution in [3.05, 3.63) is 53.1 Å². The van der Waals surface area contributed by atoms with Gasteiger partial charge in [-0.3, -0.25) is 4.98 Å². The van der Waals surface area contributed by atoms with Gasteiger partial charge in [-0.15, -0.1) is 0 Å². The second kappa shape index (κ2) is 5.36. The average molecular weight is 271 g/mol. The van der Waals surface area contributed by atoms with Crippen molar-refractivity contribution in [2.24, 2.45) is 0 Å². The molecule has 0 aliphatic rings. The highest BCUT2D eigenvalue weighted by atomic mass is 19.1. The first-order valence-electron chi connectivity index (χ1n) is 5.68. The number of benzene rings is 1. The molecular weight excluding hydrogens is 261 g/mol. The minimum absolute atomic E-state index is 0.00145. The quantitative estimate of drug-likeness (QED) is 0.896. The van der Waals surface area contributed by atoms with E-state index in [9.17, 15) is 9.18 Å². The number of nitriles is 1. The van der Waals surface area contributed by atoms with E-state index in [-0.39, 0.29) is 11.1 Å². The Labute approximate surface area is 114 Å². The number of nitrogens with one attached hydrogen (secondary N) is 1. The lowest BCUT2D eigenvalue weighted by molar-refractivity contribution is 0.0697. The van der Waals surface area contributed by atoms with E-state index in [0.717, 1.165) is 6.07 Å². The molecule has 0 atom stereocenters. The molecule has 0 saturated heterocycles. The lowest BCUT2D eigenvalue weighted by Crippen LogP contribution is -2.04. The molecule has 20 heavy (non-hydrogen) atoms. The van der Waals surface area contributed by atoms with E-state index < -0.39 is 11.8 Å². The van der Waals surface area contributed by atoms with Gasteiger partial charge < -0.3 is 10.4 Å². The van der Waals surface area contributed by atoms with Crippen molar-refractivity contribution in [2.45, 2.75) is 6.92 Å². The fraction of sp³-hybridized carbons (Fsp3) is 0.0714. The van der Waals surface area contributed by atoms with Crippen molar-refractivity contribution in [2.75, 3.05) is 5.32 Å². The van der Waals surface area contributed by atoms with Gasteiger partial charge in [0.2, 0.25) is 0 Å². The number of hydrogen-bond donors (Lipinski definition) is 2. The van der Waals surface area contributed by atoms with Crippen LogP contribution in [0.15, 0.2) is 30.5 Å². The van der Waals surface area contributed by atoms with Crippen LogP contribution in [0.2, 0.25) is 0 Å². The van der Waals surface area contributed by atoms with Crippen LogP contribution in [0, 0.1) is 24.1 Å². The van der Waals surface area contributed by atoms with E-state index in [1.54, 1.807) is 19.1 Å². The Bertz CT molecular complexity index is 723. The summed E-state index contributed by atoms with van der Waals surface area (Å²) in [5.74, 6) is -1.75. The van der Waals surface area contributed by atoms with Gasteiger partial charge >= 0.3 is 5.97 Å². The first kappa shape index (κ1) is 13.5. The monoisotopic (exact) mass is 271 g/mol. The van der Waals surface area contributed by atoms with Gasteiger partial charge in [-0.2, -0.15) is 5.26 Å². The fourth-order valence-electron chi connectivity index (χ4n) is 1.68. The molecular formula is C14H10FN3O2. The number of pyridine rings is 1. The van der Waals surface area contributed by atoms with Crippen LogP contribution in [-0.2, 0) is 0 Å². The average Bonchev–Trinajstić information content (AvgIpc) is 2.40. The normalized spacial score (nSPS) is 9.85. The van der Waals surface area contributed by atoms with E-state index in [0.29, 0.717) is 17.1 Å². The first-order valence-corrected chi connectivity index (χ1v) is 5.68. The van der Waals surface area contributed by atoms with Crippen LogP contribution in [0.3, 0.4) is 0 Å². The highest BCUT2D eigenvalue weighted by Gasteiger charge is 2.12. The summed E-state index contributed by atoms with van der Waals surface area (Å²) in [7, 11) is 0. The van der Waals surface area contributed by atoms with Gasteiger partial charge in [0.1, 0.15) is 17.4 Å². The van der Waals surface area contributed by atoms with Gasteiger partial charge in [-0.05, 0) is 31.2 Å². The van der Waals surface area contributed by atoms with Crippen LogP contribution >= 0.6 is 0 Å². The molecule has 100 valence electrons. The fourth-order valence-corrected chi connectivity index (χ4v) is 1.68. The minimum Gasteiger partial charge on any atom is -0.478 e. The van der Waals surface area contributed by atoms with Crippen molar-refractivity contribution in [1.29, 1.82) is 5.26 Å². The SMILES string of the molecule is Cc1cc(Nc2ccc(F)c(C#N)c2)c(C(=O)O)cn1. The van der Waals surface area contributed by atoms with Gasteiger partial charge in [0.15, 0.2) is 0 Å². The number of aromatic nitrogens is 1. The summed E-state index contributed by atoms with van der Waals surface area (Å²) in [5, 5.41) is 20.7. The molecule has 0 saturated carbocycles. The number of aromatic carboxylic acids is 1. The number of carboxylic acid groups (broad SMARTS) is 1. The highest BCUT2D eigenvalue weighted by molar-refractivity contribution is 5.94. The number of halogens is 1. The molecule has 5 nitrogen and oxygen atoms in total. The van der Waals surface area contributed by atoms with Crippen LogP contribution in [0.25, 0.3) is 0 Å². The molecule has 1 aromatic heterocycles. The molecule has 0 aliphatic heterocycles. The first-order chi connectivity index (χ1) is 9.51. The van der Waals surface area contributed by atoms with Crippen molar-refractivity contribution in [1.82, 2.24) is 4.98 Å². The Morgan fingerprint density at radius 3 is 2.85 bits per heavy atom. The Hall–Kier alpha value is -2.94. The van der Waals surface area contributed by atoms with E-state index in [1.165, 1.54) is 18.3 Å². The lowest BCUT2D eigenvalue weighted by Gasteiger charge is -2.10. The summed E-state index contributed by atoms with van der Waals surface area (Å²) in [6.45, 7) is 1.72. The number of anilines is 2. The Kier molecular flexibility index (Phi) is 3.62. The van der Waals surface area contributed by atoms with Gasteiger partial charge in [-0.25, -0.2) is 9.18 Å². The summed E-state index contributed by atoms with van der Waals surface area (Å²) in [4.78, 5) is 15.0. The molecule has 0 fully saturated rings.